The number of nitrogen functional groups attached to an aromatic ring is 1. The number of amides is 2. The fraction of sp³-hybridized carbons (Fsp3) is 0.214. The minimum absolute atomic E-state index is 0.185. The lowest BCUT2D eigenvalue weighted by Gasteiger charge is -2.15. The highest BCUT2D eigenvalue weighted by Crippen LogP contribution is 2.12. The van der Waals surface area contributed by atoms with Gasteiger partial charge in [0.15, 0.2) is 0 Å². The van der Waals surface area contributed by atoms with Crippen molar-refractivity contribution in [2.45, 2.75) is 6.92 Å². The number of benzene rings is 1. The van der Waals surface area contributed by atoms with Gasteiger partial charge in [0.25, 0.3) is 5.91 Å². The van der Waals surface area contributed by atoms with Gasteiger partial charge in [0.05, 0.1) is 0 Å². The summed E-state index contributed by atoms with van der Waals surface area (Å²) in [6.45, 7) is 1.79. The molecule has 0 heterocycles. The highest BCUT2D eigenvalue weighted by Gasteiger charge is 2.13. The van der Waals surface area contributed by atoms with Gasteiger partial charge < -0.3 is 21.7 Å². The van der Waals surface area contributed by atoms with Gasteiger partial charge in [-0.1, -0.05) is 0 Å². The van der Waals surface area contributed by atoms with E-state index in [1.807, 2.05) is 0 Å². The quantitative estimate of drug-likeness (QED) is 0.411. The van der Waals surface area contributed by atoms with Crippen molar-refractivity contribution >= 4 is 23.2 Å². The molecule has 0 aliphatic rings. The number of anilines is 2. The predicted molar refractivity (Wildman–Crippen MR) is 79.6 cm³/mol. The molecule has 0 fully saturated rings. The number of carbonyl (C=O) groups is 2. The molecule has 1 aromatic carbocycles. The largest absolute Gasteiger partial charge is 0.399 e. The summed E-state index contributed by atoms with van der Waals surface area (Å²) >= 11 is 0. The van der Waals surface area contributed by atoms with Crippen LogP contribution < -0.4 is 16.8 Å². The summed E-state index contributed by atoms with van der Waals surface area (Å²) in [5.74, 6) is -0.904. The minimum Gasteiger partial charge on any atom is -0.399 e. The van der Waals surface area contributed by atoms with E-state index >= 15 is 0 Å². The van der Waals surface area contributed by atoms with Gasteiger partial charge in [-0.3, -0.25) is 9.59 Å². The lowest BCUT2D eigenvalue weighted by molar-refractivity contribution is -0.126. The van der Waals surface area contributed by atoms with Gasteiger partial charge in [0.1, 0.15) is 11.6 Å². The van der Waals surface area contributed by atoms with Gasteiger partial charge in [0.2, 0.25) is 5.91 Å². The molecular weight excluding hydrogens is 270 g/mol. The molecule has 21 heavy (non-hydrogen) atoms. The van der Waals surface area contributed by atoms with E-state index in [-0.39, 0.29) is 24.6 Å². The first kappa shape index (κ1) is 16.2. The van der Waals surface area contributed by atoms with E-state index in [0.29, 0.717) is 11.4 Å². The molecule has 7 heteroatoms. The van der Waals surface area contributed by atoms with Crippen molar-refractivity contribution in [3.63, 3.8) is 0 Å². The molecule has 0 spiro atoms. The standard InChI is InChI=1S/C14H17N5O2/c1-10(20)19(7-6-15)9-11(8-16)14(21)18-13-4-2-12(17)3-5-13/h2-5,9H,6-7,15,17H2,1H3,(H,18,21)/b11-9-. The molecule has 1 rings (SSSR count). The van der Waals surface area contributed by atoms with E-state index < -0.39 is 5.91 Å². The van der Waals surface area contributed by atoms with Crippen molar-refractivity contribution in [3.8, 4) is 6.07 Å². The Morgan fingerprint density at radius 1 is 1.38 bits per heavy atom. The van der Waals surface area contributed by atoms with Gasteiger partial charge in [0, 0.05) is 37.6 Å². The van der Waals surface area contributed by atoms with E-state index in [9.17, 15) is 9.59 Å². The smallest absolute Gasteiger partial charge is 0.267 e. The van der Waals surface area contributed by atoms with Crippen molar-refractivity contribution in [2.24, 2.45) is 5.73 Å². The number of nitrogens with zero attached hydrogens (tertiary/aromatic N) is 2. The van der Waals surface area contributed by atoms with Crippen LogP contribution in [0, 0.1) is 11.3 Å². The normalized spacial score (nSPS) is 10.6. The maximum absolute atomic E-state index is 12.0. The highest BCUT2D eigenvalue weighted by atomic mass is 16.2. The Labute approximate surface area is 122 Å². The number of hydrogen-bond donors (Lipinski definition) is 3. The Morgan fingerprint density at radius 3 is 2.48 bits per heavy atom. The van der Waals surface area contributed by atoms with Crippen LogP contribution in [0.2, 0.25) is 0 Å². The van der Waals surface area contributed by atoms with Crippen molar-refractivity contribution < 1.29 is 9.59 Å². The van der Waals surface area contributed by atoms with Crippen LogP contribution in [0.5, 0.6) is 0 Å². The molecule has 0 saturated carbocycles. The maximum Gasteiger partial charge on any atom is 0.267 e. The van der Waals surface area contributed by atoms with Crippen molar-refractivity contribution in [1.29, 1.82) is 5.26 Å². The van der Waals surface area contributed by atoms with Gasteiger partial charge in [-0.25, -0.2) is 0 Å². The third-order valence-corrected chi connectivity index (χ3v) is 2.59. The Bertz CT molecular complexity index is 586. The van der Waals surface area contributed by atoms with E-state index in [2.05, 4.69) is 5.32 Å². The zero-order valence-electron chi connectivity index (χ0n) is 11.7. The molecule has 2 amide bonds. The summed E-state index contributed by atoms with van der Waals surface area (Å²) < 4.78 is 0. The van der Waals surface area contributed by atoms with Crippen LogP contribution >= 0.6 is 0 Å². The zero-order chi connectivity index (χ0) is 15.8. The summed E-state index contributed by atoms with van der Waals surface area (Å²) in [5.41, 5.74) is 11.8. The molecular formula is C14H17N5O2. The van der Waals surface area contributed by atoms with Gasteiger partial charge in [-0.05, 0) is 24.3 Å². The van der Waals surface area contributed by atoms with Crippen LogP contribution in [-0.2, 0) is 9.59 Å². The van der Waals surface area contributed by atoms with Crippen LogP contribution in [-0.4, -0.2) is 29.8 Å². The third-order valence-electron chi connectivity index (χ3n) is 2.59. The SMILES string of the molecule is CC(=O)N(/C=C(/C#N)C(=O)Nc1ccc(N)cc1)CCN. The fourth-order valence-corrected chi connectivity index (χ4v) is 1.51. The first-order valence-corrected chi connectivity index (χ1v) is 6.24. The minimum atomic E-state index is -0.606. The fourth-order valence-electron chi connectivity index (χ4n) is 1.51. The van der Waals surface area contributed by atoms with Crippen LogP contribution in [0.1, 0.15) is 6.92 Å². The van der Waals surface area contributed by atoms with E-state index in [1.165, 1.54) is 18.0 Å². The van der Waals surface area contributed by atoms with E-state index in [1.54, 1.807) is 30.3 Å². The topological polar surface area (TPSA) is 125 Å². The molecule has 110 valence electrons. The molecule has 0 saturated heterocycles. The van der Waals surface area contributed by atoms with Crippen LogP contribution in [0.25, 0.3) is 0 Å². The molecule has 5 N–H and O–H groups in total. The molecule has 0 bridgehead atoms. The van der Waals surface area contributed by atoms with Crippen molar-refractivity contribution in [1.82, 2.24) is 4.90 Å². The molecule has 7 nitrogen and oxygen atoms in total. The van der Waals surface area contributed by atoms with Crippen LogP contribution in [0.15, 0.2) is 36.0 Å². The van der Waals surface area contributed by atoms with E-state index in [4.69, 9.17) is 16.7 Å². The number of nitrogens with one attached hydrogen (secondary N) is 1. The summed E-state index contributed by atoms with van der Waals surface area (Å²) in [4.78, 5) is 24.6. The average molecular weight is 287 g/mol. The van der Waals surface area contributed by atoms with Gasteiger partial charge >= 0.3 is 0 Å². The first-order chi connectivity index (χ1) is 9.97. The van der Waals surface area contributed by atoms with Crippen molar-refractivity contribution in [2.75, 3.05) is 24.1 Å². The monoisotopic (exact) mass is 287 g/mol. The molecule has 1 aromatic rings. The molecule has 0 aliphatic carbocycles. The van der Waals surface area contributed by atoms with Gasteiger partial charge in [-0.2, -0.15) is 5.26 Å². The Balaban J connectivity index is 2.88. The zero-order valence-corrected chi connectivity index (χ0v) is 11.7. The molecule has 0 aliphatic heterocycles. The van der Waals surface area contributed by atoms with Crippen LogP contribution in [0.4, 0.5) is 11.4 Å². The number of rotatable bonds is 5. The summed E-state index contributed by atoms with van der Waals surface area (Å²) in [7, 11) is 0. The summed E-state index contributed by atoms with van der Waals surface area (Å²) in [6, 6.07) is 8.25. The van der Waals surface area contributed by atoms with Crippen molar-refractivity contribution in [3.05, 3.63) is 36.0 Å². The maximum atomic E-state index is 12.0. The molecule has 0 aromatic heterocycles. The molecule has 0 radical (unpaired) electrons. The Kier molecular flexibility index (Phi) is 5.92. The predicted octanol–water partition coefficient (Wildman–Crippen LogP) is 0.422. The second kappa shape index (κ2) is 7.67. The number of nitrogens with two attached hydrogens (primary N) is 2. The number of nitriles is 1. The average Bonchev–Trinajstić information content (AvgIpc) is 2.45. The Morgan fingerprint density at radius 2 is 2.00 bits per heavy atom. The molecule has 0 atom stereocenters. The van der Waals surface area contributed by atoms with Gasteiger partial charge in [-0.15, -0.1) is 0 Å². The molecule has 0 unspecified atom stereocenters. The summed E-state index contributed by atoms with van der Waals surface area (Å²) in [5, 5.41) is 11.6. The lowest BCUT2D eigenvalue weighted by Crippen LogP contribution is -2.30. The van der Waals surface area contributed by atoms with Crippen LogP contribution in [0.3, 0.4) is 0 Å². The number of carbonyl (C=O) groups excluding carboxylic acids is 2. The second-order valence-electron chi connectivity index (χ2n) is 4.23. The highest BCUT2D eigenvalue weighted by molar-refractivity contribution is 6.06. The first-order valence-electron chi connectivity index (χ1n) is 6.24. The third kappa shape index (κ3) is 4.97. The lowest BCUT2D eigenvalue weighted by atomic mass is 10.2. The number of hydrogen-bond acceptors (Lipinski definition) is 5. The summed E-state index contributed by atoms with van der Waals surface area (Å²) in [6.07, 6.45) is 1.20. The second-order valence-corrected chi connectivity index (χ2v) is 4.23. The Hall–Kier alpha value is -2.85. The van der Waals surface area contributed by atoms with E-state index in [0.717, 1.165) is 0 Å².